The molecule has 0 spiro atoms. The molecular weight excluding hydrogens is 578 g/mol. The Labute approximate surface area is 231 Å². The molecule has 0 aromatic heterocycles. The number of ether oxygens (including phenoxy) is 1. The van der Waals surface area contributed by atoms with Crippen LogP contribution in [0.1, 0.15) is 25.3 Å². The molecule has 222 valence electrons. The van der Waals surface area contributed by atoms with Crippen LogP contribution in [0.2, 0.25) is 0 Å². The summed E-state index contributed by atoms with van der Waals surface area (Å²) in [5.74, 6) is 2.60. The molecule has 3 atom stereocenters. The Bertz CT molecular complexity index is 1260. The molecule has 0 radical (unpaired) electrons. The molecule has 0 N–H and O–H groups in total. The van der Waals surface area contributed by atoms with Crippen molar-refractivity contribution in [3.05, 3.63) is 51.6 Å². The Morgan fingerprint density at radius 1 is 1.00 bits per heavy atom. The van der Waals surface area contributed by atoms with Gasteiger partial charge >= 0.3 is 19.4 Å². The number of nitro groups is 1. The summed E-state index contributed by atoms with van der Waals surface area (Å²) in [6, 6.07) is 6.64. The maximum Gasteiger partial charge on any atom is 0.485 e. The van der Waals surface area contributed by atoms with Crippen LogP contribution in [0.15, 0.2) is 35.9 Å². The van der Waals surface area contributed by atoms with Crippen LogP contribution in [0, 0.1) is 10.1 Å². The van der Waals surface area contributed by atoms with Crippen molar-refractivity contribution in [2.75, 3.05) is 59.0 Å². The number of rotatable bonds is 7. The molecule has 4 heterocycles. The number of hydrogen-bond donors (Lipinski definition) is 0. The molecule has 4 aliphatic heterocycles. The van der Waals surface area contributed by atoms with Gasteiger partial charge in [0.15, 0.2) is 15.9 Å². The van der Waals surface area contributed by atoms with E-state index in [9.17, 15) is 27.9 Å². The van der Waals surface area contributed by atoms with E-state index in [4.69, 9.17) is 17.7 Å². The average Bonchev–Trinajstić information content (AvgIpc) is 2.91. The van der Waals surface area contributed by atoms with Crippen LogP contribution in [0.4, 0.5) is 18.9 Å². The molecule has 0 bridgehead atoms. The Balaban J connectivity index is 0.000000406. The van der Waals surface area contributed by atoms with Crippen LogP contribution in [0.25, 0.3) is 0 Å². The van der Waals surface area contributed by atoms with Gasteiger partial charge in [-0.3, -0.25) is 14.9 Å². The zero-order valence-corrected chi connectivity index (χ0v) is 23.7. The van der Waals surface area contributed by atoms with Gasteiger partial charge in [0.25, 0.3) is 11.5 Å². The van der Waals surface area contributed by atoms with E-state index in [2.05, 4.69) is 14.7 Å². The molecular formula is C23H32F3N5O7PS+. The van der Waals surface area contributed by atoms with E-state index in [0.29, 0.717) is 17.5 Å². The summed E-state index contributed by atoms with van der Waals surface area (Å²) in [5, 5.41) is 11.1. The maximum atomic E-state index is 13.1. The van der Waals surface area contributed by atoms with Gasteiger partial charge in [0, 0.05) is 51.3 Å². The van der Waals surface area contributed by atoms with Gasteiger partial charge in [-0.2, -0.15) is 13.2 Å². The van der Waals surface area contributed by atoms with Crippen LogP contribution >= 0.6 is 8.46 Å². The Morgan fingerprint density at radius 2 is 1.57 bits per heavy atom. The Hall–Kier alpha value is -2.52. The molecule has 1 aromatic rings. The molecule has 40 heavy (non-hydrogen) atoms. The molecule has 0 aliphatic carbocycles. The van der Waals surface area contributed by atoms with Gasteiger partial charge in [-0.1, -0.05) is 16.7 Å². The molecule has 3 unspecified atom stereocenters. The second-order valence-electron chi connectivity index (χ2n) is 10.1. The molecule has 12 nitrogen and oxygen atoms in total. The summed E-state index contributed by atoms with van der Waals surface area (Å²) in [4.78, 5) is 18.3. The Kier molecular flexibility index (Phi) is 8.67. The lowest BCUT2D eigenvalue weighted by atomic mass is 10.0. The zero-order valence-electron chi connectivity index (χ0n) is 21.9. The number of hydrogen-bond acceptors (Lipinski definition) is 10. The van der Waals surface area contributed by atoms with Crippen molar-refractivity contribution < 1.29 is 44.9 Å². The molecule has 0 amide bonds. The second-order valence-corrected chi connectivity index (χ2v) is 12.4. The van der Waals surface area contributed by atoms with E-state index in [0.717, 1.165) is 64.3 Å². The number of nitrogens with zero attached hydrogens (tertiary/aromatic N) is 5. The molecule has 4 aliphatic rings. The van der Waals surface area contributed by atoms with E-state index in [-0.39, 0.29) is 10.6 Å². The van der Waals surface area contributed by atoms with Crippen molar-refractivity contribution >= 4 is 24.3 Å². The second kappa shape index (κ2) is 11.4. The minimum absolute atomic E-state index is 0.0696. The highest BCUT2D eigenvalue weighted by atomic mass is 32.2. The van der Waals surface area contributed by atoms with Gasteiger partial charge in [-0.25, -0.2) is 12.9 Å². The predicted octanol–water partition coefficient (Wildman–Crippen LogP) is 2.59. The number of nitro benzene ring substituents is 1. The van der Waals surface area contributed by atoms with Gasteiger partial charge < -0.3 is 19.3 Å². The van der Waals surface area contributed by atoms with E-state index in [1.807, 2.05) is 6.92 Å². The number of halogens is 3. The quantitative estimate of drug-likeness (QED) is 0.113. The van der Waals surface area contributed by atoms with Crippen LogP contribution in [-0.4, -0.2) is 107 Å². The predicted molar refractivity (Wildman–Crippen MR) is 137 cm³/mol. The maximum absolute atomic E-state index is 13.1. The smallest absolute Gasteiger partial charge is 0.485 e. The van der Waals surface area contributed by atoms with Gasteiger partial charge in [0.1, 0.15) is 13.0 Å². The van der Waals surface area contributed by atoms with E-state index >= 15 is 0 Å². The van der Waals surface area contributed by atoms with Gasteiger partial charge in [0.05, 0.1) is 24.6 Å². The summed E-state index contributed by atoms with van der Waals surface area (Å²) < 4.78 is 79.1. The third kappa shape index (κ3) is 5.51. The first-order chi connectivity index (χ1) is 18.8. The number of benzene rings is 1. The molecule has 2 fully saturated rings. The van der Waals surface area contributed by atoms with E-state index in [1.165, 1.54) is 30.2 Å². The lowest BCUT2D eigenvalue weighted by molar-refractivity contribution is -0.965. The molecule has 2 saturated heterocycles. The Morgan fingerprint density at radius 3 is 2.12 bits per heavy atom. The lowest BCUT2D eigenvalue weighted by Gasteiger charge is -2.59. The standard InChI is InChI=1S/C22H31N5O4P.CHF3O3S/c1-2-31-22(32-30,17-18-5-7-19(8-6-18)26(28)29)27-15-4-11-25-13-12-23-9-3-10-24(14-16-27)20(23)21(25)27;2-1(3,4)8(5,6)7/h5-8H,2-4,9-17H2,1H3;(H,5,6,7)/q+1;. The van der Waals surface area contributed by atoms with E-state index in [1.54, 1.807) is 12.1 Å². The van der Waals surface area contributed by atoms with Gasteiger partial charge in [0.2, 0.25) is 0 Å². The third-order valence-electron chi connectivity index (χ3n) is 7.83. The fourth-order valence-corrected chi connectivity index (χ4v) is 7.14. The van der Waals surface area contributed by atoms with Crippen molar-refractivity contribution in [2.24, 2.45) is 0 Å². The van der Waals surface area contributed by atoms with Crippen LogP contribution in [0.3, 0.4) is 0 Å². The summed E-state index contributed by atoms with van der Waals surface area (Å²) in [6.07, 6.45) is 2.68. The topological polar surface area (TPSA) is 136 Å². The number of quaternary nitrogens is 1. The fourth-order valence-electron chi connectivity index (χ4n) is 6.16. The first kappa shape index (κ1) is 30.4. The minimum atomic E-state index is -6.09. The van der Waals surface area contributed by atoms with Crippen molar-refractivity contribution in [2.45, 2.75) is 37.2 Å². The molecule has 17 heteroatoms. The van der Waals surface area contributed by atoms with Crippen molar-refractivity contribution in [3.8, 4) is 0 Å². The molecule has 1 aromatic carbocycles. The summed E-state index contributed by atoms with van der Waals surface area (Å²) in [6.45, 7) is 10.4. The summed E-state index contributed by atoms with van der Waals surface area (Å²) >= 11 is 0. The monoisotopic (exact) mass is 610 g/mol. The zero-order chi connectivity index (χ0) is 29.3. The lowest BCUT2D eigenvalue weighted by Crippen LogP contribution is -2.75. The highest BCUT2D eigenvalue weighted by Crippen LogP contribution is 2.50. The highest BCUT2D eigenvalue weighted by Gasteiger charge is 2.67. The summed E-state index contributed by atoms with van der Waals surface area (Å²) in [5.41, 5.74) is -5.56. The normalized spacial score (nSPS) is 24.2. The largest absolute Gasteiger partial charge is 0.741 e. The molecule has 0 saturated carbocycles. The summed E-state index contributed by atoms with van der Waals surface area (Å²) in [7, 11) is -6.74. The SMILES string of the molecule is CCOC(Cc1ccc([N+](=O)[O-])cc1)([PH+]=O)[N+]12CCCN3CCN4CCCN(CC1)C4=C32.O=S(=O)([O-])C(F)(F)F. The van der Waals surface area contributed by atoms with Crippen LogP contribution < -0.4 is 0 Å². The average molecular weight is 611 g/mol. The molecule has 5 rings (SSSR count). The van der Waals surface area contributed by atoms with Crippen LogP contribution in [0.5, 0.6) is 0 Å². The van der Waals surface area contributed by atoms with Crippen molar-refractivity contribution in [3.63, 3.8) is 0 Å². The first-order valence-electron chi connectivity index (χ1n) is 12.9. The van der Waals surface area contributed by atoms with Crippen LogP contribution in [-0.2, 0) is 25.8 Å². The number of alkyl halides is 3. The van der Waals surface area contributed by atoms with Crippen molar-refractivity contribution in [1.82, 2.24) is 14.7 Å². The van der Waals surface area contributed by atoms with E-state index < -0.39 is 29.6 Å². The first-order valence-corrected chi connectivity index (χ1v) is 15.3. The van der Waals surface area contributed by atoms with Crippen molar-refractivity contribution in [1.29, 1.82) is 0 Å². The third-order valence-corrected chi connectivity index (χ3v) is 9.46. The minimum Gasteiger partial charge on any atom is -0.741 e. The van der Waals surface area contributed by atoms with Gasteiger partial charge in [-0.15, -0.1) is 0 Å². The fraction of sp³-hybridized carbons (Fsp3) is 0.652. The highest BCUT2D eigenvalue weighted by molar-refractivity contribution is 7.86. The van der Waals surface area contributed by atoms with Gasteiger partial charge in [-0.05, 0) is 18.9 Å². The number of non-ortho nitro benzene ring substituents is 1.